The average molecular weight is 382 g/mol. The number of nitrogens with one attached hydrogen (secondary N) is 1. The SMILES string of the molecule is CCOC(=O)C=Cc1ccc(-c2cccc(NCC(=O)OC(C)(C)C)n2)cc1. The normalized spacial score (nSPS) is 11.3. The Bertz CT molecular complexity index is 836. The number of aromatic nitrogens is 1. The van der Waals surface area contributed by atoms with E-state index in [0.29, 0.717) is 12.4 Å². The van der Waals surface area contributed by atoms with Gasteiger partial charge < -0.3 is 14.8 Å². The third-order valence-electron chi connectivity index (χ3n) is 3.49. The number of benzene rings is 1. The highest BCUT2D eigenvalue weighted by molar-refractivity contribution is 5.87. The maximum Gasteiger partial charge on any atom is 0.330 e. The lowest BCUT2D eigenvalue weighted by Crippen LogP contribution is -2.28. The Kier molecular flexibility index (Phi) is 7.32. The van der Waals surface area contributed by atoms with Gasteiger partial charge >= 0.3 is 11.9 Å². The van der Waals surface area contributed by atoms with Crippen LogP contribution in [0.1, 0.15) is 33.3 Å². The second-order valence-corrected chi connectivity index (χ2v) is 7.06. The first-order valence-corrected chi connectivity index (χ1v) is 9.15. The molecule has 0 amide bonds. The van der Waals surface area contributed by atoms with Crippen LogP contribution in [0.5, 0.6) is 0 Å². The summed E-state index contributed by atoms with van der Waals surface area (Å²) in [5.74, 6) is -0.107. The minimum atomic E-state index is -0.516. The summed E-state index contributed by atoms with van der Waals surface area (Å²) in [5, 5.41) is 2.99. The van der Waals surface area contributed by atoms with Crippen molar-refractivity contribution in [3.63, 3.8) is 0 Å². The topological polar surface area (TPSA) is 77.5 Å². The number of pyridine rings is 1. The lowest BCUT2D eigenvalue weighted by Gasteiger charge is -2.19. The Balaban J connectivity index is 2.01. The molecule has 0 saturated carbocycles. The third kappa shape index (κ3) is 7.23. The maximum atomic E-state index is 11.8. The summed E-state index contributed by atoms with van der Waals surface area (Å²) >= 11 is 0. The van der Waals surface area contributed by atoms with Crippen LogP contribution < -0.4 is 5.32 Å². The van der Waals surface area contributed by atoms with Crippen molar-refractivity contribution in [2.75, 3.05) is 18.5 Å². The Morgan fingerprint density at radius 1 is 1.11 bits per heavy atom. The lowest BCUT2D eigenvalue weighted by molar-refractivity contribution is -0.152. The highest BCUT2D eigenvalue weighted by Gasteiger charge is 2.15. The van der Waals surface area contributed by atoms with Gasteiger partial charge in [-0.05, 0) is 51.5 Å². The lowest BCUT2D eigenvalue weighted by atomic mass is 10.1. The average Bonchev–Trinajstić information content (AvgIpc) is 2.64. The number of ether oxygens (including phenoxy) is 2. The molecule has 0 aliphatic rings. The van der Waals surface area contributed by atoms with E-state index < -0.39 is 5.60 Å². The molecule has 2 aromatic rings. The molecule has 0 unspecified atom stereocenters. The van der Waals surface area contributed by atoms with Crippen molar-refractivity contribution in [1.82, 2.24) is 4.98 Å². The molecule has 0 atom stereocenters. The van der Waals surface area contributed by atoms with Crippen LogP contribution in [-0.2, 0) is 19.1 Å². The number of hydrogen-bond acceptors (Lipinski definition) is 6. The molecule has 1 aromatic heterocycles. The quantitative estimate of drug-likeness (QED) is 0.574. The van der Waals surface area contributed by atoms with Gasteiger partial charge in [0.15, 0.2) is 0 Å². The van der Waals surface area contributed by atoms with E-state index in [9.17, 15) is 9.59 Å². The molecule has 0 aliphatic carbocycles. The first-order valence-electron chi connectivity index (χ1n) is 9.15. The number of carbonyl (C=O) groups excluding carboxylic acids is 2. The van der Waals surface area contributed by atoms with Crippen LogP contribution in [0.15, 0.2) is 48.5 Å². The first-order chi connectivity index (χ1) is 13.3. The van der Waals surface area contributed by atoms with Crippen molar-refractivity contribution in [1.29, 1.82) is 0 Å². The zero-order valence-corrected chi connectivity index (χ0v) is 16.7. The number of carbonyl (C=O) groups is 2. The third-order valence-corrected chi connectivity index (χ3v) is 3.49. The van der Waals surface area contributed by atoms with Gasteiger partial charge in [-0.25, -0.2) is 9.78 Å². The fourth-order valence-electron chi connectivity index (χ4n) is 2.35. The van der Waals surface area contributed by atoms with Gasteiger partial charge in [-0.2, -0.15) is 0 Å². The van der Waals surface area contributed by atoms with Crippen LogP contribution >= 0.6 is 0 Å². The molecule has 6 nitrogen and oxygen atoms in total. The van der Waals surface area contributed by atoms with Gasteiger partial charge in [0.1, 0.15) is 18.0 Å². The molecule has 0 bridgehead atoms. The Morgan fingerprint density at radius 2 is 1.82 bits per heavy atom. The second kappa shape index (κ2) is 9.69. The van der Waals surface area contributed by atoms with Crippen LogP contribution in [0.3, 0.4) is 0 Å². The Morgan fingerprint density at radius 3 is 2.46 bits per heavy atom. The summed E-state index contributed by atoms with van der Waals surface area (Å²) in [6, 6.07) is 13.2. The minimum Gasteiger partial charge on any atom is -0.463 e. The van der Waals surface area contributed by atoms with Gasteiger partial charge in [0, 0.05) is 11.6 Å². The summed E-state index contributed by atoms with van der Waals surface area (Å²) in [6.45, 7) is 7.65. The van der Waals surface area contributed by atoms with Crippen LogP contribution in [0.4, 0.5) is 5.82 Å². The van der Waals surface area contributed by atoms with Crippen molar-refractivity contribution in [2.24, 2.45) is 0 Å². The summed E-state index contributed by atoms with van der Waals surface area (Å²) < 4.78 is 10.1. The number of rotatable bonds is 7. The molecule has 2 rings (SSSR count). The summed E-state index contributed by atoms with van der Waals surface area (Å²) in [7, 11) is 0. The first kappa shape index (κ1) is 21.2. The fraction of sp³-hybridized carbons (Fsp3) is 0.318. The second-order valence-electron chi connectivity index (χ2n) is 7.06. The zero-order valence-electron chi connectivity index (χ0n) is 16.7. The summed E-state index contributed by atoms with van der Waals surface area (Å²) in [4.78, 5) is 27.7. The van der Waals surface area contributed by atoms with E-state index in [-0.39, 0.29) is 18.5 Å². The molecule has 0 saturated heterocycles. The Labute approximate surface area is 165 Å². The monoisotopic (exact) mass is 382 g/mol. The van der Waals surface area contributed by atoms with Gasteiger partial charge in [0.2, 0.25) is 0 Å². The van der Waals surface area contributed by atoms with Gasteiger partial charge in [0.05, 0.1) is 12.3 Å². The van der Waals surface area contributed by atoms with Gasteiger partial charge in [-0.15, -0.1) is 0 Å². The molecule has 148 valence electrons. The fourth-order valence-corrected chi connectivity index (χ4v) is 2.35. The zero-order chi connectivity index (χ0) is 20.6. The van der Waals surface area contributed by atoms with Crippen molar-refractivity contribution < 1.29 is 19.1 Å². The van der Waals surface area contributed by atoms with Crippen molar-refractivity contribution >= 4 is 23.8 Å². The number of hydrogen-bond donors (Lipinski definition) is 1. The molecule has 1 aromatic carbocycles. The summed E-state index contributed by atoms with van der Waals surface area (Å²) in [6.07, 6.45) is 3.10. The number of esters is 2. The van der Waals surface area contributed by atoms with Crippen LogP contribution in [0.25, 0.3) is 17.3 Å². The Hall–Kier alpha value is -3.15. The largest absolute Gasteiger partial charge is 0.463 e. The van der Waals surface area contributed by atoms with E-state index in [0.717, 1.165) is 16.8 Å². The van der Waals surface area contributed by atoms with E-state index in [1.165, 1.54) is 6.08 Å². The molecule has 0 radical (unpaired) electrons. The van der Waals surface area contributed by atoms with Gasteiger partial charge in [-0.1, -0.05) is 30.3 Å². The van der Waals surface area contributed by atoms with Crippen molar-refractivity contribution in [2.45, 2.75) is 33.3 Å². The van der Waals surface area contributed by atoms with Crippen LogP contribution in [-0.4, -0.2) is 35.7 Å². The maximum absolute atomic E-state index is 11.8. The molecular formula is C22H26N2O4. The predicted molar refractivity (Wildman–Crippen MR) is 110 cm³/mol. The molecular weight excluding hydrogens is 356 g/mol. The van der Waals surface area contributed by atoms with Gasteiger partial charge in [0.25, 0.3) is 0 Å². The standard InChI is InChI=1S/C22H26N2O4/c1-5-27-20(25)14-11-16-9-12-17(13-10-16)18-7-6-8-19(24-18)23-15-21(26)28-22(2,3)4/h6-14H,5,15H2,1-4H3,(H,23,24). The molecule has 1 N–H and O–H groups in total. The molecule has 1 heterocycles. The highest BCUT2D eigenvalue weighted by atomic mass is 16.6. The molecule has 28 heavy (non-hydrogen) atoms. The minimum absolute atomic E-state index is 0.0469. The highest BCUT2D eigenvalue weighted by Crippen LogP contribution is 2.20. The van der Waals surface area contributed by atoms with E-state index >= 15 is 0 Å². The van der Waals surface area contributed by atoms with E-state index in [1.54, 1.807) is 19.1 Å². The summed E-state index contributed by atoms with van der Waals surface area (Å²) in [5.41, 5.74) is 2.07. The van der Waals surface area contributed by atoms with E-state index in [2.05, 4.69) is 10.3 Å². The van der Waals surface area contributed by atoms with Crippen LogP contribution in [0.2, 0.25) is 0 Å². The van der Waals surface area contributed by atoms with Crippen molar-refractivity contribution in [3.8, 4) is 11.3 Å². The smallest absolute Gasteiger partial charge is 0.330 e. The number of anilines is 1. The van der Waals surface area contributed by atoms with Gasteiger partial charge in [-0.3, -0.25) is 4.79 Å². The van der Waals surface area contributed by atoms with E-state index in [1.807, 2.05) is 57.2 Å². The van der Waals surface area contributed by atoms with Crippen LogP contribution in [0, 0.1) is 0 Å². The molecule has 6 heteroatoms. The predicted octanol–water partition coefficient (Wildman–Crippen LogP) is 4.08. The molecule has 0 spiro atoms. The van der Waals surface area contributed by atoms with Crippen molar-refractivity contribution in [3.05, 3.63) is 54.1 Å². The van der Waals surface area contributed by atoms with E-state index in [4.69, 9.17) is 9.47 Å². The molecule has 0 aliphatic heterocycles. The molecule has 0 fully saturated rings. The number of nitrogens with zero attached hydrogens (tertiary/aromatic N) is 1.